The predicted octanol–water partition coefficient (Wildman–Crippen LogP) is 2.33. The number of piperazine rings is 1. The lowest BCUT2D eigenvalue weighted by Crippen LogP contribution is -2.49. The summed E-state index contributed by atoms with van der Waals surface area (Å²) >= 11 is 0. The molecule has 1 amide bonds. The van der Waals surface area contributed by atoms with Crippen LogP contribution >= 0.6 is 0 Å². The summed E-state index contributed by atoms with van der Waals surface area (Å²) < 4.78 is 48.3. The number of hydrogen-bond donors (Lipinski definition) is 1. The molecule has 2 rings (SSSR count). The molecule has 1 saturated heterocycles. The van der Waals surface area contributed by atoms with E-state index in [2.05, 4.69) is 11.9 Å². The van der Waals surface area contributed by atoms with Gasteiger partial charge in [0.15, 0.2) is 6.17 Å². The smallest absolute Gasteiger partial charge is 0.340 e. The number of ether oxygens (including phenoxy) is 2. The Morgan fingerprint density at radius 1 is 1.21 bits per heavy atom. The lowest BCUT2D eigenvalue weighted by atomic mass is 10.1. The quantitative estimate of drug-likeness (QED) is 0.519. The van der Waals surface area contributed by atoms with Crippen LogP contribution in [0, 0.1) is 0 Å². The Bertz CT molecular complexity index is 752. The van der Waals surface area contributed by atoms with Crippen molar-refractivity contribution in [3.8, 4) is 5.75 Å². The summed E-state index contributed by atoms with van der Waals surface area (Å²) in [5, 5.41) is 2.57. The van der Waals surface area contributed by atoms with E-state index in [0.717, 1.165) is 6.08 Å². The summed E-state index contributed by atoms with van der Waals surface area (Å²) in [7, 11) is 2.66. The Morgan fingerprint density at radius 2 is 1.86 bits per heavy atom. The number of nitrogens with one attached hydrogen (secondary N) is 1. The van der Waals surface area contributed by atoms with E-state index in [-0.39, 0.29) is 17.8 Å². The van der Waals surface area contributed by atoms with Gasteiger partial charge in [-0.25, -0.2) is 18.0 Å². The lowest BCUT2D eigenvalue weighted by molar-refractivity contribution is -0.111. The van der Waals surface area contributed by atoms with Gasteiger partial charge in [0.05, 0.1) is 31.2 Å². The molecule has 1 aromatic rings. The molecule has 0 radical (unpaired) electrons. The Morgan fingerprint density at radius 3 is 2.38 bits per heavy atom. The fourth-order valence-electron chi connectivity index (χ4n) is 3.04. The Kier molecular flexibility index (Phi) is 7.89. The van der Waals surface area contributed by atoms with Crippen molar-refractivity contribution < 1.29 is 32.2 Å². The fourth-order valence-corrected chi connectivity index (χ4v) is 3.04. The first-order valence-corrected chi connectivity index (χ1v) is 8.94. The van der Waals surface area contributed by atoms with Gasteiger partial charge in [0.1, 0.15) is 5.75 Å². The van der Waals surface area contributed by atoms with Crippen molar-refractivity contribution in [3.63, 3.8) is 0 Å². The molecule has 1 N–H and O–H groups in total. The summed E-state index contributed by atoms with van der Waals surface area (Å²) in [4.78, 5) is 27.4. The highest BCUT2D eigenvalue weighted by atomic mass is 19.3. The molecular weight excluding hydrogens is 391 g/mol. The number of halogens is 3. The topological polar surface area (TPSA) is 71.1 Å². The fraction of sp³-hybridized carbons (Fsp3) is 0.474. The second-order valence-corrected chi connectivity index (χ2v) is 6.39. The minimum absolute atomic E-state index is 0.110. The first-order valence-electron chi connectivity index (χ1n) is 8.94. The highest BCUT2D eigenvalue weighted by Crippen LogP contribution is 2.35. The molecule has 29 heavy (non-hydrogen) atoms. The van der Waals surface area contributed by atoms with Crippen LogP contribution < -0.4 is 15.0 Å². The molecule has 0 bridgehead atoms. The Balaban J connectivity index is 2.25. The van der Waals surface area contributed by atoms with E-state index in [1.165, 1.54) is 20.3 Å². The van der Waals surface area contributed by atoms with Gasteiger partial charge in [0.25, 0.3) is 6.43 Å². The van der Waals surface area contributed by atoms with E-state index in [9.17, 15) is 22.8 Å². The predicted molar refractivity (Wildman–Crippen MR) is 103 cm³/mol. The minimum Gasteiger partial charge on any atom is -0.495 e. The number of methoxy groups -OCH3 is 2. The number of nitrogens with zero attached hydrogens (tertiary/aromatic N) is 2. The molecule has 10 heteroatoms. The Labute approximate surface area is 167 Å². The Hall–Kier alpha value is -2.75. The van der Waals surface area contributed by atoms with Gasteiger partial charge in [0.2, 0.25) is 5.91 Å². The van der Waals surface area contributed by atoms with E-state index in [0.29, 0.717) is 37.6 Å². The van der Waals surface area contributed by atoms with Crippen LogP contribution in [0.3, 0.4) is 0 Å². The average molecular weight is 415 g/mol. The monoisotopic (exact) mass is 415 g/mol. The maximum Gasteiger partial charge on any atom is 0.340 e. The molecule has 1 aliphatic heterocycles. The highest BCUT2D eigenvalue weighted by molar-refractivity contribution is 6.05. The number of carbonyl (C=O) groups is 2. The first kappa shape index (κ1) is 22.5. The van der Waals surface area contributed by atoms with Crippen LogP contribution in [0.15, 0.2) is 24.8 Å². The molecule has 7 nitrogen and oxygen atoms in total. The van der Waals surface area contributed by atoms with Gasteiger partial charge in [0, 0.05) is 32.7 Å². The van der Waals surface area contributed by atoms with Gasteiger partial charge in [-0.3, -0.25) is 9.69 Å². The zero-order valence-corrected chi connectivity index (χ0v) is 16.3. The molecule has 0 spiro atoms. The maximum atomic E-state index is 13.3. The van der Waals surface area contributed by atoms with E-state index in [1.807, 2.05) is 4.90 Å². The molecular formula is C19H24F3N3O4. The van der Waals surface area contributed by atoms with Crippen LogP contribution in [0.4, 0.5) is 24.5 Å². The molecule has 1 atom stereocenters. The van der Waals surface area contributed by atoms with Crippen molar-refractivity contribution in [2.75, 3.05) is 57.2 Å². The standard InChI is InChI=1S/C19H24F3N3O4/c1-4-17(26)23-14-10-15(16(28-2)9-12(14)19(27)29-3)25-7-5-24(6-8-25)11-13(20)18(21)22/h4,9-10,13,18H,1,5-8,11H2,2-3H3,(H,23,26). The van der Waals surface area contributed by atoms with Gasteiger partial charge in [-0.05, 0) is 18.2 Å². The number of esters is 1. The van der Waals surface area contributed by atoms with Crippen molar-refractivity contribution in [1.82, 2.24) is 4.90 Å². The molecule has 0 aliphatic carbocycles. The number of alkyl halides is 3. The second kappa shape index (κ2) is 10.1. The number of hydrogen-bond acceptors (Lipinski definition) is 6. The largest absolute Gasteiger partial charge is 0.495 e. The third-order valence-corrected chi connectivity index (χ3v) is 4.59. The number of rotatable bonds is 8. The lowest BCUT2D eigenvalue weighted by Gasteiger charge is -2.37. The molecule has 1 heterocycles. The molecule has 1 fully saturated rings. The third-order valence-electron chi connectivity index (χ3n) is 4.59. The maximum absolute atomic E-state index is 13.3. The molecule has 1 aliphatic rings. The summed E-state index contributed by atoms with van der Waals surface area (Å²) in [6, 6.07) is 3.04. The zero-order valence-electron chi connectivity index (χ0n) is 16.3. The van der Waals surface area contributed by atoms with Crippen molar-refractivity contribution in [3.05, 3.63) is 30.4 Å². The third kappa shape index (κ3) is 5.63. The summed E-state index contributed by atoms with van der Waals surface area (Å²) in [6.07, 6.45) is -4.12. The van der Waals surface area contributed by atoms with Gasteiger partial charge in [-0.1, -0.05) is 6.58 Å². The van der Waals surface area contributed by atoms with Crippen LogP contribution in [-0.4, -0.2) is 76.3 Å². The normalized spacial score (nSPS) is 15.7. The number of carbonyl (C=O) groups excluding carboxylic acids is 2. The number of benzene rings is 1. The SMILES string of the molecule is C=CC(=O)Nc1cc(N2CCN(CC(F)C(F)F)CC2)c(OC)cc1C(=O)OC. The summed E-state index contributed by atoms with van der Waals surface area (Å²) in [5.41, 5.74) is 0.936. The van der Waals surface area contributed by atoms with E-state index in [1.54, 1.807) is 11.0 Å². The van der Waals surface area contributed by atoms with Crippen molar-refractivity contribution in [2.24, 2.45) is 0 Å². The van der Waals surface area contributed by atoms with Crippen LogP contribution in [0.25, 0.3) is 0 Å². The highest BCUT2D eigenvalue weighted by Gasteiger charge is 2.27. The van der Waals surface area contributed by atoms with E-state index < -0.39 is 24.5 Å². The molecule has 1 aromatic carbocycles. The summed E-state index contributed by atoms with van der Waals surface area (Å²) in [6.45, 7) is 4.68. The van der Waals surface area contributed by atoms with Gasteiger partial charge < -0.3 is 19.7 Å². The second-order valence-electron chi connectivity index (χ2n) is 6.39. The first-order chi connectivity index (χ1) is 13.8. The van der Waals surface area contributed by atoms with Gasteiger partial charge in [-0.15, -0.1) is 0 Å². The van der Waals surface area contributed by atoms with Crippen molar-refractivity contribution in [1.29, 1.82) is 0 Å². The van der Waals surface area contributed by atoms with Crippen LogP contribution in [0.1, 0.15) is 10.4 Å². The molecule has 160 valence electrons. The van der Waals surface area contributed by atoms with Crippen LogP contribution in [-0.2, 0) is 9.53 Å². The van der Waals surface area contributed by atoms with E-state index in [4.69, 9.17) is 9.47 Å². The number of amides is 1. The van der Waals surface area contributed by atoms with Crippen molar-refractivity contribution >= 4 is 23.3 Å². The van der Waals surface area contributed by atoms with Crippen LogP contribution in [0.2, 0.25) is 0 Å². The molecule has 0 aromatic heterocycles. The minimum atomic E-state index is -3.00. The number of anilines is 2. The van der Waals surface area contributed by atoms with Crippen LogP contribution in [0.5, 0.6) is 5.75 Å². The molecule has 0 saturated carbocycles. The average Bonchev–Trinajstić information content (AvgIpc) is 2.73. The van der Waals surface area contributed by atoms with Gasteiger partial charge >= 0.3 is 5.97 Å². The molecule has 1 unspecified atom stereocenters. The van der Waals surface area contributed by atoms with Crippen molar-refractivity contribution in [2.45, 2.75) is 12.6 Å². The zero-order chi connectivity index (χ0) is 21.6. The van der Waals surface area contributed by atoms with Gasteiger partial charge in [-0.2, -0.15) is 0 Å². The van der Waals surface area contributed by atoms with E-state index >= 15 is 0 Å². The summed E-state index contributed by atoms with van der Waals surface area (Å²) in [5.74, 6) is -0.775.